The van der Waals surface area contributed by atoms with Gasteiger partial charge >= 0.3 is 0 Å². The van der Waals surface area contributed by atoms with Crippen LogP contribution in [0.1, 0.15) is 5.56 Å². The first kappa shape index (κ1) is 15.9. The van der Waals surface area contributed by atoms with Gasteiger partial charge in [-0.2, -0.15) is 0 Å². The zero-order valence-corrected chi connectivity index (χ0v) is 14.4. The van der Waals surface area contributed by atoms with E-state index in [0.29, 0.717) is 11.4 Å². The number of aryl methyl sites for hydroxylation is 1. The second kappa shape index (κ2) is 6.07. The highest BCUT2D eigenvalue weighted by Crippen LogP contribution is 2.27. The Hall–Kier alpha value is -1.53. The number of hydrogen-bond acceptors (Lipinski definition) is 3. The lowest BCUT2D eigenvalue weighted by Crippen LogP contribution is -2.26. The normalized spacial score (nSPS) is 11.2. The molecule has 0 spiro atoms. The lowest BCUT2D eigenvalue weighted by molar-refractivity contribution is 0.414. The molecule has 0 aliphatic rings. The van der Waals surface area contributed by atoms with Crippen molar-refractivity contribution in [2.24, 2.45) is 0 Å². The molecule has 4 nitrogen and oxygen atoms in total. The first-order valence-electron chi connectivity index (χ1n) is 6.25. The molecule has 0 aromatic heterocycles. The van der Waals surface area contributed by atoms with Gasteiger partial charge in [0.1, 0.15) is 5.75 Å². The zero-order valence-electron chi connectivity index (χ0n) is 12.0. The van der Waals surface area contributed by atoms with Crippen LogP contribution in [0.2, 0.25) is 0 Å². The molecule has 0 unspecified atom stereocenters. The Labute approximate surface area is 133 Å². The Bertz CT molecular complexity index is 742. The van der Waals surface area contributed by atoms with Crippen molar-refractivity contribution in [1.29, 1.82) is 0 Å². The van der Waals surface area contributed by atoms with E-state index in [0.717, 1.165) is 10.0 Å². The summed E-state index contributed by atoms with van der Waals surface area (Å²) in [7, 11) is -0.498. The van der Waals surface area contributed by atoms with Crippen LogP contribution in [0.25, 0.3) is 0 Å². The SMILES string of the molecule is COc1ccc(S(=O)(=O)N(C)c2ccc(Br)c(C)c2)cc1. The second-order valence-corrected chi connectivity index (χ2v) is 7.41. The standard InChI is InChI=1S/C15H16BrNO3S/c1-11-10-12(4-9-15(11)16)17(2)21(18,19)14-7-5-13(20-3)6-8-14/h4-10H,1-3H3. The average molecular weight is 370 g/mol. The topological polar surface area (TPSA) is 46.6 Å². The number of hydrogen-bond donors (Lipinski definition) is 0. The van der Waals surface area contributed by atoms with Gasteiger partial charge in [-0.1, -0.05) is 15.9 Å². The highest BCUT2D eigenvalue weighted by Gasteiger charge is 2.21. The van der Waals surface area contributed by atoms with E-state index < -0.39 is 10.0 Å². The van der Waals surface area contributed by atoms with E-state index in [-0.39, 0.29) is 4.90 Å². The van der Waals surface area contributed by atoms with Gasteiger partial charge in [-0.15, -0.1) is 0 Å². The monoisotopic (exact) mass is 369 g/mol. The fraction of sp³-hybridized carbons (Fsp3) is 0.200. The summed E-state index contributed by atoms with van der Waals surface area (Å²) in [6.07, 6.45) is 0. The second-order valence-electron chi connectivity index (χ2n) is 4.58. The molecule has 0 radical (unpaired) electrons. The van der Waals surface area contributed by atoms with Gasteiger partial charge in [0.15, 0.2) is 0 Å². The van der Waals surface area contributed by atoms with Crippen LogP contribution in [-0.2, 0) is 10.0 Å². The van der Waals surface area contributed by atoms with E-state index in [1.54, 1.807) is 32.4 Å². The molecular weight excluding hydrogens is 354 g/mol. The van der Waals surface area contributed by atoms with Gasteiger partial charge in [-0.25, -0.2) is 8.42 Å². The minimum atomic E-state index is -3.58. The Balaban J connectivity index is 2.39. The third-order valence-electron chi connectivity index (χ3n) is 3.22. The van der Waals surface area contributed by atoms with Gasteiger partial charge in [0.05, 0.1) is 17.7 Å². The maximum Gasteiger partial charge on any atom is 0.264 e. The first-order valence-corrected chi connectivity index (χ1v) is 8.48. The molecule has 0 aliphatic carbocycles. The third kappa shape index (κ3) is 3.22. The zero-order chi connectivity index (χ0) is 15.6. The van der Waals surface area contributed by atoms with Crippen molar-refractivity contribution in [1.82, 2.24) is 0 Å². The summed E-state index contributed by atoms with van der Waals surface area (Å²) in [5.41, 5.74) is 1.59. The van der Waals surface area contributed by atoms with E-state index in [2.05, 4.69) is 15.9 Å². The fourth-order valence-corrected chi connectivity index (χ4v) is 3.30. The van der Waals surface area contributed by atoms with E-state index in [1.165, 1.54) is 16.4 Å². The maximum atomic E-state index is 12.6. The summed E-state index contributed by atoms with van der Waals surface area (Å²) < 4.78 is 32.5. The van der Waals surface area contributed by atoms with Crippen molar-refractivity contribution in [3.05, 3.63) is 52.5 Å². The third-order valence-corrected chi connectivity index (χ3v) is 5.91. The molecule has 0 heterocycles. The molecule has 0 atom stereocenters. The molecule has 0 amide bonds. The van der Waals surface area contributed by atoms with Crippen LogP contribution in [0.5, 0.6) is 5.75 Å². The summed E-state index contributed by atoms with van der Waals surface area (Å²) in [6, 6.07) is 11.8. The van der Waals surface area contributed by atoms with Crippen LogP contribution in [0, 0.1) is 6.92 Å². The number of rotatable bonds is 4. The molecule has 21 heavy (non-hydrogen) atoms. The largest absolute Gasteiger partial charge is 0.497 e. The van der Waals surface area contributed by atoms with Gasteiger partial charge in [0.25, 0.3) is 10.0 Å². The number of methoxy groups -OCH3 is 1. The molecule has 0 saturated heterocycles. The first-order chi connectivity index (χ1) is 9.86. The number of anilines is 1. The molecule has 0 N–H and O–H groups in total. The van der Waals surface area contributed by atoms with Crippen molar-refractivity contribution in [2.75, 3.05) is 18.5 Å². The van der Waals surface area contributed by atoms with E-state index in [4.69, 9.17) is 4.74 Å². The van der Waals surface area contributed by atoms with Gasteiger partial charge in [-0.05, 0) is 55.0 Å². The molecule has 2 aromatic carbocycles. The van der Waals surface area contributed by atoms with Crippen LogP contribution in [0.4, 0.5) is 5.69 Å². The van der Waals surface area contributed by atoms with Crippen LogP contribution in [0.15, 0.2) is 51.8 Å². The van der Waals surface area contributed by atoms with Crippen LogP contribution >= 0.6 is 15.9 Å². The van der Waals surface area contributed by atoms with Gasteiger partial charge in [0, 0.05) is 11.5 Å². The number of benzene rings is 2. The van der Waals surface area contributed by atoms with Crippen LogP contribution < -0.4 is 9.04 Å². The molecule has 0 aliphatic heterocycles. The average Bonchev–Trinajstić information content (AvgIpc) is 2.49. The minimum absolute atomic E-state index is 0.228. The van der Waals surface area contributed by atoms with Crippen molar-refractivity contribution < 1.29 is 13.2 Å². The van der Waals surface area contributed by atoms with E-state index >= 15 is 0 Å². The van der Waals surface area contributed by atoms with Gasteiger partial charge in [0.2, 0.25) is 0 Å². The van der Waals surface area contributed by atoms with Crippen molar-refractivity contribution in [3.63, 3.8) is 0 Å². The predicted molar refractivity (Wildman–Crippen MR) is 87.5 cm³/mol. The highest BCUT2D eigenvalue weighted by atomic mass is 79.9. The maximum absolute atomic E-state index is 12.6. The minimum Gasteiger partial charge on any atom is -0.497 e. The Morgan fingerprint density at radius 3 is 2.24 bits per heavy atom. The fourth-order valence-electron chi connectivity index (χ4n) is 1.87. The quantitative estimate of drug-likeness (QED) is 0.826. The van der Waals surface area contributed by atoms with E-state index in [1.807, 2.05) is 19.1 Å². The summed E-state index contributed by atoms with van der Waals surface area (Å²) in [5.74, 6) is 0.621. The number of nitrogens with zero attached hydrogens (tertiary/aromatic N) is 1. The number of halogens is 1. The molecule has 112 valence electrons. The smallest absolute Gasteiger partial charge is 0.264 e. The van der Waals surface area contributed by atoms with Crippen molar-refractivity contribution in [2.45, 2.75) is 11.8 Å². The highest BCUT2D eigenvalue weighted by molar-refractivity contribution is 9.10. The number of sulfonamides is 1. The number of ether oxygens (including phenoxy) is 1. The Morgan fingerprint density at radius 1 is 1.10 bits per heavy atom. The summed E-state index contributed by atoms with van der Waals surface area (Å²) >= 11 is 3.41. The van der Waals surface area contributed by atoms with Gasteiger partial charge < -0.3 is 4.74 Å². The van der Waals surface area contributed by atoms with Crippen LogP contribution in [0.3, 0.4) is 0 Å². The predicted octanol–water partition coefficient (Wildman–Crippen LogP) is 3.59. The van der Waals surface area contributed by atoms with Crippen molar-refractivity contribution in [3.8, 4) is 5.75 Å². The molecule has 0 bridgehead atoms. The molecule has 0 saturated carbocycles. The molecule has 2 rings (SSSR count). The van der Waals surface area contributed by atoms with Crippen molar-refractivity contribution >= 4 is 31.6 Å². The summed E-state index contributed by atoms with van der Waals surface area (Å²) in [4.78, 5) is 0.228. The summed E-state index contributed by atoms with van der Waals surface area (Å²) in [5, 5.41) is 0. The molecule has 0 fully saturated rings. The molecule has 2 aromatic rings. The van der Waals surface area contributed by atoms with E-state index in [9.17, 15) is 8.42 Å². The van der Waals surface area contributed by atoms with Gasteiger partial charge in [-0.3, -0.25) is 4.31 Å². The molecule has 6 heteroatoms. The lowest BCUT2D eigenvalue weighted by Gasteiger charge is -2.20. The molecular formula is C15H16BrNO3S. The Morgan fingerprint density at radius 2 is 1.71 bits per heavy atom. The summed E-state index contributed by atoms with van der Waals surface area (Å²) in [6.45, 7) is 1.92. The Kier molecular flexibility index (Phi) is 4.58. The lowest BCUT2D eigenvalue weighted by atomic mass is 10.2. The van der Waals surface area contributed by atoms with Crippen LogP contribution in [-0.4, -0.2) is 22.6 Å².